The Balaban J connectivity index is 1.66. The molecule has 0 aromatic heterocycles. The molecule has 0 atom stereocenters. The minimum absolute atomic E-state index is 0.106. The maximum atomic E-state index is 12.4. The Labute approximate surface area is 156 Å². The van der Waals surface area contributed by atoms with Crippen LogP contribution >= 0.6 is 0 Å². The number of benzene rings is 1. The van der Waals surface area contributed by atoms with Crippen molar-refractivity contribution in [3.8, 4) is 0 Å². The standard InChI is InChI=1S/C19H31N5O2/c1-3-26-15-7-10-21-19(20-2)22-16-18(25)24-13-11-23(12-14-24)17-8-5-4-6-9-17/h4-6,8-9H,3,7,10-16H2,1-2H3,(H2,20,21,22). The second-order valence-corrected chi connectivity index (χ2v) is 6.11. The first-order chi connectivity index (χ1) is 12.7. The fraction of sp³-hybridized carbons (Fsp3) is 0.579. The third-order valence-corrected chi connectivity index (χ3v) is 4.35. The van der Waals surface area contributed by atoms with E-state index in [1.54, 1.807) is 7.05 Å². The highest BCUT2D eigenvalue weighted by Crippen LogP contribution is 2.15. The van der Waals surface area contributed by atoms with E-state index in [2.05, 4.69) is 32.7 Å². The summed E-state index contributed by atoms with van der Waals surface area (Å²) in [5, 5.41) is 6.29. The van der Waals surface area contributed by atoms with Crippen LogP contribution in [-0.2, 0) is 9.53 Å². The third-order valence-electron chi connectivity index (χ3n) is 4.35. The van der Waals surface area contributed by atoms with E-state index in [1.807, 2.05) is 30.0 Å². The summed E-state index contributed by atoms with van der Waals surface area (Å²) in [4.78, 5) is 20.8. The first kappa shape index (κ1) is 20.0. The van der Waals surface area contributed by atoms with Crippen LogP contribution in [0.15, 0.2) is 35.3 Å². The van der Waals surface area contributed by atoms with E-state index < -0.39 is 0 Å². The molecule has 1 saturated heterocycles. The third kappa shape index (κ3) is 6.55. The SMILES string of the molecule is CCOCCCNC(=NC)NCC(=O)N1CCN(c2ccccc2)CC1. The predicted octanol–water partition coefficient (Wildman–Crippen LogP) is 0.927. The number of aliphatic imine (C=N–C) groups is 1. The van der Waals surface area contributed by atoms with Crippen LogP contribution in [-0.4, -0.2) is 76.3 Å². The van der Waals surface area contributed by atoms with Crippen LogP contribution in [0, 0.1) is 0 Å². The van der Waals surface area contributed by atoms with E-state index in [1.165, 1.54) is 5.69 Å². The molecular weight excluding hydrogens is 330 g/mol. The largest absolute Gasteiger partial charge is 0.382 e. The van der Waals surface area contributed by atoms with Crippen molar-refractivity contribution in [2.45, 2.75) is 13.3 Å². The van der Waals surface area contributed by atoms with Crippen LogP contribution in [0.3, 0.4) is 0 Å². The molecule has 0 bridgehead atoms. The van der Waals surface area contributed by atoms with E-state index in [0.29, 0.717) is 5.96 Å². The number of carbonyl (C=O) groups is 1. The van der Waals surface area contributed by atoms with Crippen molar-refractivity contribution in [2.75, 3.05) is 64.4 Å². The smallest absolute Gasteiger partial charge is 0.242 e. The number of piperazine rings is 1. The number of para-hydroxylation sites is 1. The van der Waals surface area contributed by atoms with Crippen molar-refractivity contribution < 1.29 is 9.53 Å². The summed E-state index contributed by atoms with van der Waals surface area (Å²) in [5.74, 6) is 0.757. The van der Waals surface area contributed by atoms with E-state index >= 15 is 0 Å². The Morgan fingerprint density at radius 3 is 2.54 bits per heavy atom. The molecule has 0 radical (unpaired) electrons. The fourth-order valence-corrected chi connectivity index (χ4v) is 2.87. The summed E-state index contributed by atoms with van der Waals surface area (Å²) in [6.45, 7) is 7.69. The Morgan fingerprint density at radius 2 is 1.88 bits per heavy atom. The van der Waals surface area contributed by atoms with Gasteiger partial charge < -0.3 is 25.2 Å². The molecule has 1 fully saturated rings. The molecule has 1 aromatic rings. The average Bonchev–Trinajstić information content (AvgIpc) is 2.70. The van der Waals surface area contributed by atoms with Gasteiger partial charge in [-0.1, -0.05) is 18.2 Å². The Hall–Kier alpha value is -2.28. The van der Waals surface area contributed by atoms with Gasteiger partial charge in [-0.25, -0.2) is 0 Å². The minimum atomic E-state index is 0.106. The van der Waals surface area contributed by atoms with Gasteiger partial charge in [-0.3, -0.25) is 9.79 Å². The number of hydrogen-bond acceptors (Lipinski definition) is 4. The molecule has 7 heteroatoms. The lowest BCUT2D eigenvalue weighted by atomic mass is 10.2. The van der Waals surface area contributed by atoms with Gasteiger partial charge >= 0.3 is 0 Å². The molecule has 1 aliphatic rings. The number of amides is 1. The lowest BCUT2D eigenvalue weighted by Crippen LogP contribution is -2.52. The van der Waals surface area contributed by atoms with Gasteiger partial charge in [0.05, 0.1) is 6.54 Å². The van der Waals surface area contributed by atoms with Gasteiger partial charge in [0.2, 0.25) is 5.91 Å². The molecule has 0 unspecified atom stereocenters. The van der Waals surface area contributed by atoms with Crippen LogP contribution in [0.5, 0.6) is 0 Å². The van der Waals surface area contributed by atoms with Crippen molar-refractivity contribution in [3.05, 3.63) is 30.3 Å². The Morgan fingerprint density at radius 1 is 1.15 bits per heavy atom. The zero-order valence-electron chi connectivity index (χ0n) is 15.9. The number of nitrogens with zero attached hydrogens (tertiary/aromatic N) is 3. The number of guanidine groups is 1. The van der Waals surface area contributed by atoms with E-state index in [9.17, 15) is 4.79 Å². The van der Waals surface area contributed by atoms with Crippen LogP contribution in [0.25, 0.3) is 0 Å². The number of nitrogens with one attached hydrogen (secondary N) is 2. The molecule has 0 saturated carbocycles. The Kier molecular flexibility index (Phi) is 8.75. The molecule has 1 heterocycles. The maximum absolute atomic E-state index is 12.4. The highest BCUT2D eigenvalue weighted by molar-refractivity contribution is 5.86. The summed E-state index contributed by atoms with van der Waals surface area (Å²) < 4.78 is 5.30. The maximum Gasteiger partial charge on any atom is 0.242 e. The van der Waals surface area contributed by atoms with Gasteiger partial charge in [-0.15, -0.1) is 0 Å². The highest BCUT2D eigenvalue weighted by atomic mass is 16.5. The topological polar surface area (TPSA) is 69.2 Å². The average molecular weight is 361 g/mol. The zero-order chi connectivity index (χ0) is 18.6. The van der Waals surface area contributed by atoms with Crippen LogP contribution < -0.4 is 15.5 Å². The van der Waals surface area contributed by atoms with Crippen LogP contribution in [0.2, 0.25) is 0 Å². The molecule has 2 N–H and O–H groups in total. The van der Waals surface area contributed by atoms with Crippen molar-refractivity contribution >= 4 is 17.6 Å². The van der Waals surface area contributed by atoms with Gasteiger partial charge in [-0.2, -0.15) is 0 Å². The first-order valence-electron chi connectivity index (χ1n) is 9.34. The number of ether oxygens (including phenoxy) is 1. The number of carbonyl (C=O) groups excluding carboxylic acids is 1. The quantitative estimate of drug-likeness (QED) is 0.410. The molecule has 1 aromatic carbocycles. The summed E-state index contributed by atoms with van der Waals surface area (Å²) in [6, 6.07) is 10.3. The second kappa shape index (κ2) is 11.4. The monoisotopic (exact) mass is 361 g/mol. The lowest BCUT2D eigenvalue weighted by molar-refractivity contribution is -0.130. The lowest BCUT2D eigenvalue weighted by Gasteiger charge is -2.36. The number of anilines is 1. The molecule has 2 rings (SSSR count). The van der Waals surface area contributed by atoms with Gasteiger partial charge in [-0.05, 0) is 25.5 Å². The fourth-order valence-electron chi connectivity index (χ4n) is 2.87. The Bertz CT molecular complexity index is 556. The van der Waals surface area contributed by atoms with Crippen molar-refractivity contribution in [2.24, 2.45) is 4.99 Å². The minimum Gasteiger partial charge on any atom is -0.382 e. The number of rotatable bonds is 8. The summed E-state index contributed by atoms with van der Waals surface area (Å²) in [5.41, 5.74) is 1.22. The number of hydrogen-bond donors (Lipinski definition) is 2. The van der Waals surface area contributed by atoms with Crippen molar-refractivity contribution in [1.82, 2.24) is 15.5 Å². The van der Waals surface area contributed by atoms with Gasteiger partial charge in [0.15, 0.2) is 5.96 Å². The predicted molar refractivity (Wildman–Crippen MR) is 106 cm³/mol. The van der Waals surface area contributed by atoms with Crippen molar-refractivity contribution in [1.29, 1.82) is 0 Å². The molecular formula is C19H31N5O2. The summed E-state index contributed by atoms with van der Waals surface area (Å²) >= 11 is 0. The van der Waals surface area contributed by atoms with Gasteiger partial charge in [0.1, 0.15) is 0 Å². The van der Waals surface area contributed by atoms with Gasteiger partial charge in [0, 0.05) is 58.7 Å². The normalized spacial score (nSPS) is 15.1. The first-order valence-corrected chi connectivity index (χ1v) is 9.34. The van der Waals surface area contributed by atoms with E-state index in [0.717, 1.165) is 52.4 Å². The molecule has 26 heavy (non-hydrogen) atoms. The molecule has 1 amide bonds. The molecule has 0 spiro atoms. The highest BCUT2D eigenvalue weighted by Gasteiger charge is 2.21. The van der Waals surface area contributed by atoms with Crippen LogP contribution in [0.1, 0.15) is 13.3 Å². The second-order valence-electron chi connectivity index (χ2n) is 6.11. The van der Waals surface area contributed by atoms with Crippen molar-refractivity contribution in [3.63, 3.8) is 0 Å². The molecule has 0 aliphatic carbocycles. The van der Waals surface area contributed by atoms with Gasteiger partial charge in [0.25, 0.3) is 0 Å². The molecule has 1 aliphatic heterocycles. The summed E-state index contributed by atoms with van der Waals surface area (Å²) in [7, 11) is 1.71. The van der Waals surface area contributed by atoms with Crippen LogP contribution in [0.4, 0.5) is 5.69 Å². The zero-order valence-corrected chi connectivity index (χ0v) is 15.9. The van der Waals surface area contributed by atoms with E-state index in [-0.39, 0.29) is 12.5 Å². The molecule has 7 nitrogen and oxygen atoms in total. The molecule has 144 valence electrons. The van der Waals surface area contributed by atoms with E-state index in [4.69, 9.17) is 4.74 Å². The summed E-state index contributed by atoms with van der Waals surface area (Å²) in [6.07, 6.45) is 0.907.